The molecular formula is C16H26N2O2S. The number of hydrogen-bond donors (Lipinski definition) is 2. The van der Waals surface area contributed by atoms with Gasteiger partial charge in [-0.3, -0.25) is 0 Å². The largest absolute Gasteiger partial charge is 0.314 e. The minimum absolute atomic E-state index is 0.341. The van der Waals surface area contributed by atoms with Crippen LogP contribution >= 0.6 is 0 Å². The highest BCUT2D eigenvalue weighted by atomic mass is 32.2. The van der Waals surface area contributed by atoms with Gasteiger partial charge in [0.1, 0.15) is 0 Å². The quantitative estimate of drug-likeness (QED) is 0.761. The van der Waals surface area contributed by atoms with Crippen molar-refractivity contribution in [2.24, 2.45) is 0 Å². The Morgan fingerprint density at radius 3 is 2.38 bits per heavy atom. The SMILES string of the molecule is Cc1ccc(S(=O)(=O)NCCCNC2CCCCC2)cc1. The Hall–Kier alpha value is -0.910. The van der Waals surface area contributed by atoms with Crippen molar-refractivity contribution >= 4 is 10.0 Å². The molecule has 5 heteroatoms. The second kappa shape index (κ2) is 7.92. The van der Waals surface area contributed by atoms with E-state index in [4.69, 9.17) is 0 Å². The molecule has 0 aromatic heterocycles. The maximum absolute atomic E-state index is 12.1. The van der Waals surface area contributed by atoms with Crippen molar-refractivity contribution in [2.75, 3.05) is 13.1 Å². The molecule has 0 aliphatic heterocycles. The lowest BCUT2D eigenvalue weighted by molar-refractivity contribution is 0.372. The monoisotopic (exact) mass is 310 g/mol. The van der Waals surface area contributed by atoms with E-state index in [1.807, 2.05) is 19.1 Å². The van der Waals surface area contributed by atoms with Gasteiger partial charge in [-0.1, -0.05) is 37.0 Å². The molecule has 1 fully saturated rings. The van der Waals surface area contributed by atoms with Gasteiger partial charge in [-0.15, -0.1) is 0 Å². The van der Waals surface area contributed by atoms with Gasteiger partial charge >= 0.3 is 0 Å². The molecule has 1 aliphatic rings. The van der Waals surface area contributed by atoms with Crippen molar-refractivity contribution in [3.05, 3.63) is 29.8 Å². The van der Waals surface area contributed by atoms with E-state index in [1.54, 1.807) is 12.1 Å². The van der Waals surface area contributed by atoms with Gasteiger partial charge in [0.15, 0.2) is 0 Å². The molecule has 0 atom stereocenters. The van der Waals surface area contributed by atoms with Crippen molar-refractivity contribution in [3.63, 3.8) is 0 Å². The van der Waals surface area contributed by atoms with E-state index in [0.29, 0.717) is 17.5 Å². The Labute approximate surface area is 128 Å². The van der Waals surface area contributed by atoms with E-state index in [-0.39, 0.29) is 0 Å². The topological polar surface area (TPSA) is 58.2 Å². The normalized spacial score (nSPS) is 17.0. The summed E-state index contributed by atoms with van der Waals surface area (Å²) in [5.41, 5.74) is 1.06. The fourth-order valence-electron chi connectivity index (χ4n) is 2.71. The van der Waals surface area contributed by atoms with Gasteiger partial charge in [-0.2, -0.15) is 0 Å². The number of benzene rings is 1. The standard InChI is InChI=1S/C16H26N2O2S/c1-14-8-10-16(11-9-14)21(19,20)18-13-5-12-17-15-6-3-2-4-7-15/h8-11,15,17-18H,2-7,12-13H2,1H3. The molecule has 4 nitrogen and oxygen atoms in total. The molecule has 2 N–H and O–H groups in total. The molecule has 118 valence electrons. The summed E-state index contributed by atoms with van der Waals surface area (Å²) < 4.78 is 26.8. The fraction of sp³-hybridized carbons (Fsp3) is 0.625. The van der Waals surface area contributed by atoms with E-state index < -0.39 is 10.0 Å². The summed E-state index contributed by atoms with van der Waals surface area (Å²) in [6.45, 7) is 3.30. The average Bonchev–Trinajstić information content (AvgIpc) is 2.48. The lowest BCUT2D eigenvalue weighted by atomic mass is 9.95. The van der Waals surface area contributed by atoms with Gasteiger partial charge in [0, 0.05) is 12.6 Å². The predicted octanol–water partition coefficient (Wildman–Crippen LogP) is 2.59. The van der Waals surface area contributed by atoms with Crippen LogP contribution in [0, 0.1) is 6.92 Å². The molecule has 0 unspecified atom stereocenters. The zero-order chi connectivity index (χ0) is 15.1. The van der Waals surface area contributed by atoms with Crippen LogP contribution in [-0.4, -0.2) is 27.5 Å². The summed E-state index contributed by atoms with van der Waals surface area (Å²) in [5.74, 6) is 0. The summed E-state index contributed by atoms with van der Waals surface area (Å²) in [6, 6.07) is 7.57. The Morgan fingerprint density at radius 1 is 1.05 bits per heavy atom. The van der Waals surface area contributed by atoms with Gasteiger partial charge in [0.05, 0.1) is 4.90 Å². The first-order valence-electron chi connectivity index (χ1n) is 7.88. The van der Waals surface area contributed by atoms with Crippen LogP contribution in [0.5, 0.6) is 0 Å². The van der Waals surface area contributed by atoms with Crippen LogP contribution < -0.4 is 10.0 Å². The van der Waals surface area contributed by atoms with Gasteiger partial charge < -0.3 is 5.32 Å². The van der Waals surface area contributed by atoms with E-state index in [2.05, 4.69) is 10.0 Å². The van der Waals surface area contributed by atoms with E-state index in [0.717, 1.165) is 18.5 Å². The van der Waals surface area contributed by atoms with Crippen LogP contribution in [0.3, 0.4) is 0 Å². The molecule has 0 heterocycles. The van der Waals surface area contributed by atoms with Crippen molar-refractivity contribution in [1.82, 2.24) is 10.0 Å². The Kier molecular flexibility index (Phi) is 6.21. The minimum atomic E-state index is -3.36. The van der Waals surface area contributed by atoms with E-state index in [9.17, 15) is 8.42 Å². The zero-order valence-electron chi connectivity index (χ0n) is 12.8. The van der Waals surface area contributed by atoms with E-state index in [1.165, 1.54) is 32.1 Å². The molecule has 0 bridgehead atoms. The number of aryl methyl sites for hydroxylation is 1. The Morgan fingerprint density at radius 2 is 1.71 bits per heavy atom. The summed E-state index contributed by atoms with van der Waals surface area (Å²) in [4.78, 5) is 0.341. The van der Waals surface area contributed by atoms with Gasteiger partial charge in [0.25, 0.3) is 0 Å². The second-order valence-electron chi connectivity index (χ2n) is 5.85. The average molecular weight is 310 g/mol. The van der Waals surface area contributed by atoms with Crippen molar-refractivity contribution in [3.8, 4) is 0 Å². The molecule has 0 amide bonds. The highest BCUT2D eigenvalue weighted by Gasteiger charge is 2.14. The van der Waals surface area contributed by atoms with Gasteiger partial charge in [0.2, 0.25) is 10.0 Å². The summed E-state index contributed by atoms with van der Waals surface area (Å²) in [5, 5.41) is 3.52. The molecule has 1 saturated carbocycles. The highest BCUT2D eigenvalue weighted by Crippen LogP contribution is 2.17. The van der Waals surface area contributed by atoms with Crippen molar-refractivity contribution in [1.29, 1.82) is 0 Å². The van der Waals surface area contributed by atoms with Crippen molar-refractivity contribution < 1.29 is 8.42 Å². The van der Waals surface area contributed by atoms with E-state index >= 15 is 0 Å². The third kappa shape index (κ3) is 5.41. The fourth-order valence-corrected chi connectivity index (χ4v) is 3.78. The van der Waals surface area contributed by atoms with Crippen LogP contribution in [0.2, 0.25) is 0 Å². The molecular weight excluding hydrogens is 284 g/mol. The molecule has 0 saturated heterocycles. The van der Waals surface area contributed by atoms with Crippen molar-refractivity contribution in [2.45, 2.75) is 56.4 Å². The Balaban J connectivity index is 1.68. The van der Waals surface area contributed by atoms with Crippen LogP contribution in [-0.2, 0) is 10.0 Å². The van der Waals surface area contributed by atoms with Gasteiger partial charge in [-0.05, 0) is 44.9 Å². The zero-order valence-corrected chi connectivity index (χ0v) is 13.6. The smallest absolute Gasteiger partial charge is 0.240 e. The van der Waals surface area contributed by atoms with Crippen LogP contribution in [0.4, 0.5) is 0 Å². The minimum Gasteiger partial charge on any atom is -0.314 e. The molecule has 2 rings (SSSR count). The highest BCUT2D eigenvalue weighted by molar-refractivity contribution is 7.89. The first-order chi connectivity index (χ1) is 10.1. The number of rotatable bonds is 7. The second-order valence-corrected chi connectivity index (χ2v) is 7.62. The van der Waals surface area contributed by atoms with Crippen LogP contribution in [0.1, 0.15) is 44.1 Å². The third-order valence-corrected chi connectivity index (χ3v) is 5.49. The lowest BCUT2D eigenvalue weighted by Crippen LogP contribution is -2.34. The summed E-state index contributed by atoms with van der Waals surface area (Å²) in [7, 11) is -3.36. The first-order valence-corrected chi connectivity index (χ1v) is 9.36. The predicted molar refractivity (Wildman–Crippen MR) is 85.9 cm³/mol. The maximum atomic E-state index is 12.1. The first kappa shape index (κ1) is 16.5. The number of nitrogens with one attached hydrogen (secondary N) is 2. The Bertz CT molecular complexity index is 520. The molecule has 1 aromatic carbocycles. The molecule has 0 radical (unpaired) electrons. The lowest BCUT2D eigenvalue weighted by Gasteiger charge is -2.22. The molecule has 1 aromatic rings. The summed E-state index contributed by atoms with van der Waals surface area (Å²) >= 11 is 0. The number of sulfonamides is 1. The maximum Gasteiger partial charge on any atom is 0.240 e. The number of hydrogen-bond acceptors (Lipinski definition) is 3. The molecule has 0 spiro atoms. The summed E-state index contributed by atoms with van der Waals surface area (Å²) in [6.07, 6.45) is 7.33. The molecule has 21 heavy (non-hydrogen) atoms. The van der Waals surface area contributed by atoms with Gasteiger partial charge in [-0.25, -0.2) is 13.1 Å². The molecule has 1 aliphatic carbocycles. The third-order valence-electron chi connectivity index (χ3n) is 4.02. The van der Waals surface area contributed by atoms with Crippen LogP contribution in [0.15, 0.2) is 29.2 Å². The van der Waals surface area contributed by atoms with Crippen LogP contribution in [0.25, 0.3) is 0 Å².